The van der Waals surface area contributed by atoms with Crippen LogP contribution in [-0.2, 0) is 0 Å². The van der Waals surface area contributed by atoms with Gasteiger partial charge in [0.05, 0.1) is 5.37 Å². The Morgan fingerprint density at radius 1 is 1.86 bits per heavy atom. The van der Waals surface area contributed by atoms with Crippen LogP contribution in [0.2, 0.25) is 0 Å². The lowest BCUT2D eigenvalue weighted by Crippen LogP contribution is -2.20. The Morgan fingerprint density at radius 2 is 2.57 bits per heavy atom. The molecule has 7 heavy (non-hydrogen) atoms. The van der Waals surface area contributed by atoms with Crippen LogP contribution >= 0.6 is 24.4 Å². The van der Waals surface area contributed by atoms with Crippen molar-refractivity contribution >= 4 is 24.4 Å². The van der Waals surface area contributed by atoms with Gasteiger partial charge < -0.3 is 0 Å². The molecule has 0 aromatic carbocycles. The fraction of sp³-hybridized carbons (Fsp3) is 1.00. The molecular formula is C4H9NS2. The predicted octanol–water partition coefficient (Wildman–Crippen LogP) is 0.878. The molecule has 0 spiro atoms. The second-order valence-corrected chi connectivity index (χ2v) is 3.33. The molecule has 0 saturated carbocycles. The number of hydrogen-bond acceptors (Lipinski definition) is 3. The van der Waals surface area contributed by atoms with E-state index in [4.69, 9.17) is 0 Å². The molecule has 0 N–H and O–H groups in total. The van der Waals surface area contributed by atoms with Gasteiger partial charge in [-0.1, -0.05) is 0 Å². The highest BCUT2D eigenvalue weighted by Crippen LogP contribution is 2.20. The Hall–Kier alpha value is 0.660. The van der Waals surface area contributed by atoms with E-state index in [1.165, 1.54) is 5.75 Å². The van der Waals surface area contributed by atoms with Crippen molar-refractivity contribution in [2.75, 3.05) is 18.7 Å². The second kappa shape index (κ2) is 2.29. The van der Waals surface area contributed by atoms with E-state index in [2.05, 4.69) is 24.6 Å². The van der Waals surface area contributed by atoms with Crippen LogP contribution in [0.4, 0.5) is 0 Å². The van der Waals surface area contributed by atoms with Crippen molar-refractivity contribution < 1.29 is 0 Å². The summed E-state index contributed by atoms with van der Waals surface area (Å²) in [5.74, 6) is 2.33. The second-order valence-electron chi connectivity index (χ2n) is 1.74. The Balaban J connectivity index is 2.33. The van der Waals surface area contributed by atoms with E-state index in [9.17, 15) is 0 Å². The summed E-state index contributed by atoms with van der Waals surface area (Å²) in [5.41, 5.74) is 0. The molecule has 1 aliphatic rings. The fourth-order valence-corrected chi connectivity index (χ4v) is 2.06. The van der Waals surface area contributed by atoms with E-state index in [-0.39, 0.29) is 0 Å². The summed E-state index contributed by atoms with van der Waals surface area (Å²) >= 11 is 6.23. The van der Waals surface area contributed by atoms with E-state index in [0.29, 0.717) is 5.37 Å². The zero-order valence-corrected chi connectivity index (χ0v) is 6.01. The van der Waals surface area contributed by atoms with Gasteiger partial charge in [0.15, 0.2) is 0 Å². The molecule has 1 nitrogen and oxygen atoms in total. The van der Waals surface area contributed by atoms with Gasteiger partial charge in [0, 0.05) is 11.6 Å². The topological polar surface area (TPSA) is 3.24 Å². The van der Waals surface area contributed by atoms with Gasteiger partial charge in [-0.05, 0) is 7.05 Å². The van der Waals surface area contributed by atoms with Crippen molar-refractivity contribution in [3.8, 4) is 0 Å². The van der Waals surface area contributed by atoms with Gasteiger partial charge in [-0.25, -0.2) is 0 Å². The minimum Gasteiger partial charge on any atom is -0.285 e. The zero-order chi connectivity index (χ0) is 5.28. The summed E-state index contributed by atoms with van der Waals surface area (Å²) in [6, 6.07) is 0. The van der Waals surface area contributed by atoms with Gasteiger partial charge in [0.2, 0.25) is 0 Å². The molecule has 3 heteroatoms. The maximum absolute atomic E-state index is 4.29. The largest absolute Gasteiger partial charge is 0.285 e. The monoisotopic (exact) mass is 135 g/mol. The van der Waals surface area contributed by atoms with Gasteiger partial charge in [-0.15, -0.1) is 11.8 Å². The molecule has 42 valence electrons. The first-order chi connectivity index (χ1) is 3.30. The third-order valence-corrected chi connectivity index (χ3v) is 3.04. The van der Waals surface area contributed by atoms with E-state index in [1.54, 1.807) is 0 Å². The summed E-state index contributed by atoms with van der Waals surface area (Å²) in [6.07, 6.45) is 0. The number of thioether (sulfide) groups is 1. The average Bonchev–Trinajstić information content (AvgIpc) is 1.91. The Morgan fingerprint density at radius 3 is 2.71 bits per heavy atom. The first-order valence-electron chi connectivity index (χ1n) is 2.27. The van der Waals surface area contributed by atoms with Crippen LogP contribution in [0.15, 0.2) is 0 Å². The minimum absolute atomic E-state index is 0.505. The Labute approximate surface area is 53.9 Å². The lowest BCUT2D eigenvalue weighted by molar-refractivity contribution is 0.411. The highest BCUT2D eigenvalue weighted by molar-refractivity contribution is 8.00. The lowest BCUT2D eigenvalue weighted by Gasteiger charge is -2.09. The summed E-state index contributed by atoms with van der Waals surface area (Å²) in [7, 11) is 2.09. The van der Waals surface area contributed by atoms with Crippen molar-refractivity contribution in [1.82, 2.24) is 4.90 Å². The van der Waals surface area contributed by atoms with Crippen LogP contribution in [0.1, 0.15) is 0 Å². The van der Waals surface area contributed by atoms with E-state index in [0.717, 1.165) is 5.88 Å². The van der Waals surface area contributed by atoms with E-state index in [1.807, 2.05) is 11.8 Å². The maximum Gasteiger partial charge on any atom is 0.0623 e. The van der Waals surface area contributed by atoms with E-state index >= 15 is 0 Å². The van der Waals surface area contributed by atoms with Crippen LogP contribution in [0.25, 0.3) is 0 Å². The molecule has 1 fully saturated rings. The quantitative estimate of drug-likeness (QED) is 0.491. The molecule has 0 aromatic rings. The number of rotatable bonds is 0. The highest BCUT2D eigenvalue weighted by Gasteiger charge is 2.15. The van der Waals surface area contributed by atoms with Crippen LogP contribution < -0.4 is 0 Å². The smallest absolute Gasteiger partial charge is 0.0623 e. The minimum atomic E-state index is 0.505. The highest BCUT2D eigenvalue weighted by atomic mass is 32.2. The molecule has 0 aliphatic carbocycles. The summed E-state index contributed by atoms with van der Waals surface area (Å²) in [6.45, 7) is 0. The summed E-state index contributed by atoms with van der Waals surface area (Å²) in [4.78, 5) is 2.23. The summed E-state index contributed by atoms with van der Waals surface area (Å²) in [5, 5.41) is 0.505. The third-order valence-electron chi connectivity index (χ3n) is 1.07. The molecule has 0 amide bonds. The molecule has 1 rings (SSSR count). The number of nitrogens with zero attached hydrogens (tertiary/aromatic N) is 1. The van der Waals surface area contributed by atoms with Gasteiger partial charge in [-0.2, -0.15) is 12.6 Å². The molecular weight excluding hydrogens is 126 g/mol. The molecule has 1 atom stereocenters. The van der Waals surface area contributed by atoms with E-state index < -0.39 is 0 Å². The van der Waals surface area contributed by atoms with Gasteiger partial charge in [-0.3, -0.25) is 4.90 Å². The van der Waals surface area contributed by atoms with Crippen LogP contribution in [-0.4, -0.2) is 29.0 Å². The van der Waals surface area contributed by atoms with Crippen molar-refractivity contribution in [2.24, 2.45) is 0 Å². The molecule has 1 unspecified atom stereocenters. The normalized spacial score (nSPS) is 34.3. The van der Waals surface area contributed by atoms with Crippen molar-refractivity contribution in [1.29, 1.82) is 0 Å². The van der Waals surface area contributed by atoms with Gasteiger partial charge >= 0.3 is 0 Å². The van der Waals surface area contributed by atoms with Crippen LogP contribution in [0.3, 0.4) is 0 Å². The SMILES string of the molecule is CN1CSCC1S. The molecule has 0 bridgehead atoms. The molecule has 1 aliphatic heterocycles. The van der Waals surface area contributed by atoms with Crippen LogP contribution in [0, 0.1) is 0 Å². The molecule has 1 heterocycles. The van der Waals surface area contributed by atoms with Crippen molar-refractivity contribution in [3.05, 3.63) is 0 Å². The third kappa shape index (κ3) is 1.27. The molecule has 0 aromatic heterocycles. The lowest BCUT2D eigenvalue weighted by atomic mass is 10.7. The number of thiol groups is 1. The average molecular weight is 135 g/mol. The van der Waals surface area contributed by atoms with Crippen LogP contribution in [0.5, 0.6) is 0 Å². The number of hydrogen-bond donors (Lipinski definition) is 1. The fourth-order valence-electron chi connectivity index (χ4n) is 0.515. The first kappa shape index (κ1) is 5.79. The maximum atomic E-state index is 4.29. The van der Waals surface area contributed by atoms with Gasteiger partial charge in [0.25, 0.3) is 0 Å². The Bertz CT molecular complexity index is 58.7. The standard InChI is InChI=1S/C4H9NS2/c1-5-3-7-2-4(5)6/h4,6H,2-3H2,1H3. The van der Waals surface area contributed by atoms with Gasteiger partial charge in [0.1, 0.15) is 0 Å². The zero-order valence-electron chi connectivity index (χ0n) is 4.29. The first-order valence-corrected chi connectivity index (χ1v) is 3.94. The van der Waals surface area contributed by atoms with Crippen molar-refractivity contribution in [2.45, 2.75) is 5.37 Å². The molecule has 1 saturated heterocycles. The Kier molecular flexibility index (Phi) is 1.89. The van der Waals surface area contributed by atoms with Crippen molar-refractivity contribution in [3.63, 3.8) is 0 Å². The molecule has 0 radical (unpaired) electrons. The predicted molar refractivity (Wildman–Crippen MR) is 37.9 cm³/mol. The summed E-state index contributed by atoms with van der Waals surface area (Å²) < 4.78 is 0.